The quantitative estimate of drug-likeness (QED) is 0.725. The smallest absolute Gasteiger partial charge is 0.351 e. The van der Waals surface area contributed by atoms with Gasteiger partial charge in [-0.05, 0) is 13.8 Å². The SMILES string of the molecule is CCOC(=O)C1ON=C(C(C)(C)C)C1C(=O)OCC. The summed E-state index contributed by atoms with van der Waals surface area (Å²) in [5.41, 5.74) is 0.114. The number of ether oxygens (including phenoxy) is 2. The minimum absolute atomic E-state index is 0.221. The highest BCUT2D eigenvalue weighted by molar-refractivity contribution is 6.09. The number of rotatable bonds is 4. The Morgan fingerprint density at radius 1 is 1.16 bits per heavy atom. The summed E-state index contributed by atoms with van der Waals surface area (Å²) in [6.07, 6.45) is -1.05. The lowest BCUT2D eigenvalue weighted by Crippen LogP contribution is -2.42. The third-order valence-electron chi connectivity index (χ3n) is 2.69. The molecular weight excluding hydrogens is 250 g/mol. The average molecular weight is 271 g/mol. The fourth-order valence-corrected chi connectivity index (χ4v) is 1.85. The van der Waals surface area contributed by atoms with Crippen molar-refractivity contribution in [3.8, 4) is 0 Å². The second-order valence-electron chi connectivity index (χ2n) is 5.23. The third-order valence-corrected chi connectivity index (χ3v) is 2.69. The first-order chi connectivity index (χ1) is 8.82. The highest BCUT2D eigenvalue weighted by atomic mass is 16.7. The topological polar surface area (TPSA) is 74.2 Å². The molecule has 0 saturated heterocycles. The summed E-state index contributed by atoms with van der Waals surface area (Å²) in [6, 6.07) is 0. The zero-order valence-corrected chi connectivity index (χ0v) is 12.1. The van der Waals surface area contributed by atoms with Crippen LogP contribution in [0.1, 0.15) is 34.6 Å². The predicted octanol–water partition coefficient (Wildman–Crippen LogP) is 1.53. The Morgan fingerprint density at radius 3 is 2.16 bits per heavy atom. The van der Waals surface area contributed by atoms with Crippen LogP contribution in [0.2, 0.25) is 0 Å². The zero-order valence-electron chi connectivity index (χ0n) is 12.1. The van der Waals surface area contributed by atoms with Gasteiger partial charge in [0.05, 0.1) is 18.9 Å². The van der Waals surface area contributed by atoms with E-state index in [0.717, 1.165) is 0 Å². The lowest BCUT2D eigenvalue weighted by molar-refractivity contribution is -0.164. The van der Waals surface area contributed by atoms with E-state index in [9.17, 15) is 9.59 Å². The van der Waals surface area contributed by atoms with Crippen LogP contribution in [0.5, 0.6) is 0 Å². The Bertz CT molecular complexity index is 383. The highest BCUT2D eigenvalue weighted by Crippen LogP contribution is 2.31. The van der Waals surface area contributed by atoms with Gasteiger partial charge in [-0.2, -0.15) is 0 Å². The largest absolute Gasteiger partial charge is 0.465 e. The van der Waals surface area contributed by atoms with Gasteiger partial charge < -0.3 is 14.3 Å². The standard InChI is InChI=1S/C13H21NO5/c1-6-17-11(15)8-9(12(16)18-7-2)19-14-10(8)13(3,4)5/h8-9H,6-7H2,1-5H3. The lowest BCUT2D eigenvalue weighted by atomic mass is 9.80. The van der Waals surface area contributed by atoms with E-state index in [1.807, 2.05) is 20.8 Å². The van der Waals surface area contributed by atoms with Gasteiger partial charge in [0.1, 0.15) is 5.92 Å². The molecular formula is C13H21NO5. The summed E-state index contributed by atoms with van der Waals surface area (Å²) in [5.74, 6) is -1.94. The maximum absolute atomic E-state index is 12.0. The first-order valence-corrected chi connectivity index (χ1v) is 6.40. The molecule has 0 aromatic rings. The van der Waals surface area contributed by atoms with E-state index >= 15 is 0 Å². The molecule has 19 heavy (non-hydrogen) atoms. The van der Waals surface area contributed by atoms with Gasteiger partial charge in [-0.15, -0.1) is 0 Å². The van der Waals surface area contributed by atoms with E-state index < -0.39 is 29.4 Å². The Morgan fingerprint density at radius 2 is 1.68 bits per heavy atom. The van der Waals surface area contributed by atoms with Crippen molar-refractivity contribution < 1.29 is 23.9 Å². The number of nitrogens with zero attached hydrogens (tertiary/aromatic N) is 1. The van der Waals surface area contributed by atoms with Crippen molar-refractivity contribution in [3.05, 3.63) is 0 Å². The molecule has 0 fully saturated rings. The highest BCUT2D eigenvalue weighted by Gasteiger charge is 2.49. The second-order valence-corrected chi connectivity index (χ2v) is 5.23. The normalized spacial score (nSPS) is 22.5. The first kappa shape index (κ1) is 15.5. The number of carbonyl (C=O) groups excluding carboxylic acids is 2. The summed E-state index contributed by atoms with van der Waals surface area (Å²) >= 11 is 0. The van der Waals surface area contributed by atoms with E-state index in [4.69, 9.17) is 14.3 Å². The van der Waals surface area contributed by atoms with Crippen LogP contribution >= 0.6 is 0 Å². The molecule has 2 atom stereocenters. The zero-order chi connectivity index (χ0) is 14.6. The van der Waals surface area contributed by atoms with Crippen LogP contribution in [0.15, 0.2) is 5.16 Å². The van der Waals surface area contributed by atoms with Gasteiger partial charge in [-0.3, -0.25) is 4.79 Å². The molecule has 2 unspecified atom stereocenters. The van der Waals surface area contributed by atoms with E-state index in [-0.39, 0.29) is 13.2 Å². The Balaban J connectivity index is 2.98. The number of oxime groups is 1. The third kappa shape index (κ3) is 3.45. The monoisotopic (exact) mass is 271 g/mol. The molecule has 0 N–H and O–H groups in total. The van der Waals surface area contributed by atoms with Crippen molar-refractivity contribution in [2.45, 2.75) is 40.7 Å². The Kier molecular flexibility index (Phi) is 4.91. The molecule has 0 aromatic heterocycles. The molecule has 0 spiro atoms. The lowest BCUT2D eigenvalue weighted by Gasteiger charge is -2.23. The molecule has 0 radical (unpaired) electrons. The number of carbonyl (C=O) groups is 2. The van der Waals surface area contributed by atoms with Gasteiger partial charge in [-0.25, -0.2) is 4.79 Å². The summed E-state index contributed by atoms with van der Waals surface area (Å²) in [6.45, 7) is 9.55. The fourth-order valence-electron chi connectivity index (χ4n) is 1.85. The van der Waals surface area contributed by atoms with Crippen molar-refractivity contribution in [1.82, 2.24) is 0 Å². The molecule has 0 amide bonds. The summed E-state index contributed by atoms with van der Waals surface area (Å²) in [4.78, 5) is 28.9. The molecule has 1 aliphatic heterocycles. The molecule has 6 heteroatoms. The number of esters is 2. The molecule has 1 heterocycles. The Labute approximate surface area is 113 Å². The summed E-state index contributed by atoms with van der Waals surface area (Å²) < 4.78 is 9.90. The van der Waals surface area contributed by atoms with E-state index in [1.54, 1.807) is 13.8 Å². The van der Waals surface area contributed by atoms with Gasteiger partial charge in [-0.1, -0.05) is 25.9 Å². The molecule has 0 saturated carbocycles. The van der Waals surface area contributed by atoms with Crippen LogP contribution < -0.4 is 0 Å². The fraction of sp³-hybridized carbons (Fsp3) is 0.769. The van der Waals surface area contributed by atoms with E-state index in [1.165, 1.54) is 0 Å². The van der Waals surface area contributed by atoms with Crippen molar-refractivity contribution >= 4 is 17.7 Å². The van der Waals surface area contributed by atoms with E-state index in [2.05, 4.69) is 5.16 Å². The predicted molar refractivity (Wildman–Crippen MR) is 68.5 cm³/mol. The summed E-state index contributed by atoms with van der Waals surface area (Å²) in [5, 5.41) is 3.89. The second kappa shape index (κ2) is 6.04. The summed E-state index contributed by atoms with van der Waals surface area (Å²) in [7, 11) is 0. The van der Waals surface area contributed by atoms with Crippen LogP contribution in [-0.4, -0.2) is 37.0 Å². The van der Waals surface area contributed by atoms with Crippen LogP contribution in [0.3, 0.4) is 0 Å². The molecule has 108 valence electrons. The van der Waals surface area contributed by atoms with Gasteiger partial charge >= 0.3 is 11.9 Å². The average Bonchev–Trinajstić information content (AvgIpc) is 2.73. The van der Waals surface area contributed by atoms with Gasteiger partial charge in [0.15, 0.2) is 0 Å². The van der Waals surface area contributed by atoms with Crippen molar-refractivity contribution in [2.75, 3.05) is 13.2 Å². The van der Waals surface area contributed by atoms with Crippen LogP contribution in [0.25, 0.3) is 0 Å². The van der Waals surface area contributed by atoms with Crippen molar-refractivity contribution in [1.29, 1.82) is 0 Å². The molecule has 0 aliphatic carbocycles. The molecule has 0 aromatic carbocycles. The maximum atomic E-state index is 12.0. The van der Waals surface area contributed by atoms with Crippen molar-refractivity contribution in [3.63, 3.8) is 0 Å². The van der Waals surface area contributed by atoms with Crippen molar-refractivity contribution in [2.24, 2.45) is 16.5 Å². The number of hydrogen-bond acceptors (Lipinski definition) is 6. The van der Waals surface area contributed by atoms with Gasteiger partial charge in [0.25, 0.3) is 0 Å². The minimum atomic E-state index is -1.05. The Hall–Kier alpha value is -1.59. The van der Waals surface area contributed by atoms with Crippen LogP contribution in [0.4, 0.5) is 0 Å². The molecule has 6 nitrogen and oxygen atoms in total. The molecule has 1 rings (SSSR count). The van der Waals surface area contributed by atoms with E-state index in [0.29, 0.717) is 5.71 Å². The van der Waals surface area contributed by atoms with Gasteiger partial charge in [0, 0.05) is 5.41 Å². The molecule has 0 bridgehead atoms. The van der Waals surface area contributed by atoms with Crippen LogP contribution in [0, 0.1) is 11.3 Å². The maximum Gasteiger partial charge on any atom is 0.351 e. The van der Waals surface area contributed by atoms with Crippen LogP contribution in [-0.2, 0) is 23.9 Å². The first-order valence-electron chi connectivity index (χ1n) is 6.40. The van der Waals surface area contributed by atoms with Gasteiger partial charge in [0.2, 0.25) is 6.10 Å². The number of hydrogen-bond donors (Lipinski definition) is 0. The minimum Gasteiger partial charge on any atom is -0.465 e. The molecule has 1 aliphatic rings.